The van der Waals surface area contributed by atoms with Crippen LogP contribution in [0.4, 0.5) is 11.4 Å². The lowest BCUT2D eigenvalue weighted by Gasteiger charge is -2.30. The molecule has 0 bridgehead atoms. The molecule has 118 valence electrons. The summed E-state index contributed by atoms with van der Waals surface area (Å²) in [6.45, 7) is 11.4. The van der Waals surface area contributed by atoms with Crippen molar-refractivity contribution >= 4 is 28.9 Å². The second-order valence-corrected chi connectivity index (χ2v) is 6.55. The number of rotatable bonds is 6. The minimum Gasteiger partial charge on any atom is -0.462 e. The fraction of sp³-hybridized carbons (Fsp3) is 0.562. The van der Waals surface area contributed by atoms with E-state index in [2.05, 4.69) is 33.0 Å². The lowest BCUT2D eigenvalue weighted by Crippen LogP contribution is -2.29. The van der Waals surface area contributed by atoms with Gasteiger partial charge >= 0.3 is 5.97 Å². The fourth-order valence-electron chi connectivity index (χ4n) is 1.70. The maximum absolute atomic E-state index is 12.1. The molecule has 0 saturated heterocycles. The van der Waals surface area contributed by atoms with Crippen molar-refractivity contribution in [2.75, 3.05) is 24.2 Å². The number of ether oxygens (including phenoxy) is 1. The Morgan fingerprint density at radius 3 is 2.57 bits per heavy atom. The smallest absolute Gasteiger partial charge is 0.340 e. The van der Waals surface area contributed by atoms with Crippen molar-refractivity contribution in [2.24, 2.45) is 11.3 Å². The van der Waals surface area contributed by atoms with Crippen molar-refractivity contribution in [3.8, 4) is 0 Å². The summed E-state index contributed by atoms with van der Waals surface area (Å²) in [5.74, 6) is 0.0696. The summed E-state index contributed by atoms with van der Waals surface area (Å²) in [5.41, 5.74) is 7.24. The quantitative estimate of drug-likeness (QED) is 0.610. The standard InChI is InChI=1S/C16H25ClN2O2/c1-6-21-15(20)12-7-11(18)8-13(17)14(12)19-9-16(4,5)10(2)3/h7-8,10,19H,6,9,18H2,1-5H3. The Morgan fingerprint density at radius 1 is 1.43 bits per heavy atom. The van der Waals surface area contributed by atoms with Gasteiger partial charge in [-0.15, -0.1) is 0 Å². The largest absolute Gasteiger partial charge is 0.462 e. The van der Waals surface area contributed by atoms with E-state index < -0.39 is 5.97 Å². The first-order valence-electron chi connectivity index (χ1n) is 7.19. The molecule has 0 unspecified atom stereocenters. The van der Waals surface area contributed by atoms with Crippen molar-refractivity contribution in [3.63, 3.8) is 0 Å². The molecular formula is C16H25ClN2O2. The third-order valence-electron chi connectivity index (χ3n) is 3.89. The number of hydrogen-bond donors (Lipinski definition) is 2. The van der Waals surface area contributed by atoms with Crippen LogP contribution in [0.3, 0.4) is 0 Å². The molecular weight excluding hydrogens is 288 g/mol. The highest BCUT2D eigenvalue weighted by atomic mass is 35.5. The van der Waals surface area contributed by atoms with E-state index >= 15 is 0 Å². The van der Waals surface area contributed by atoms with Crippen molar-refractivity contribution < 1.29 is 9.53 Å². The summed E-state index contributed by atoms with van der Waals surface area (Å²) < 4.78 is 5.06. The number of nitrogens with one attached hydrogen (secondary N) is 1. The van der Waals surface area contributed by atoms with Gasteiger partial charge in [-0.3, -0.25) is 0 Å². The topological polar surface area (TPSA) is 64.3 Å². The second kappa shape index (κ2) is 7.03. The second-order valence-electron chi connectivity index (χ2n) is 6.14. The molecule has 3 N–H and O–H groups in total. The first kappa shape index (κ1) is 17.6. The molecule has 5 heteroatoms. The zero-order chi connectivity index (χ0) is 16.2. The molecule has 0 saturated carbocycles. The van der Waals surface area contributed by atoms with Crippen molar-refractivity contribution in [2.45, 2.75) is 34.6 Å². The third kappa shape index (κ3) is 4.53. The van der Waals surface area contributed by atoms with E-state index in [0.29, 0.717) is 41.0 Å². The Balaban J connectivity index is 3.08. The number of esters is 1. The summed E-state index contributed by atoms with van der Waals surface area (Å²) in [7, 11) is 0. The molecule has 0 radical (unpaired) electrons. The maximum atomic E-state index is 12.1. The van der Waals surface area contributed by atoms with Crippen molar-refractivity contribution in [1.29, 1.82) is 0 Å². The first-order chi connectivity index (χ1) is 9.69. The number of benzene rings is 1. The minimum absolute atomic E-state index is 0.0661. The van der Waals surface area contributed by atoms with Crippen LogP contribution in [0, 0.1) is 11.3 Å². The summed E-state index contributed by atoms with van der Waals surface area (Å²) >= 11 is 6.24. The SMILES string of the molecule is CCOC(=O)c1cc(N)cc(Cl)c1NCC(C)(C)C(C)C. The van der Waals surface area contributed by atoms with Crippen LogP contribution in [0.1, 0.15) is 45.0 Å². The summed E-state index contributed by atoms with van der Waals surface area (Å²) in [4.78, 5) is 12.1. The van der Waals surface area contributed by atoms with Gasteiger partial charge in [0, 0.05) is 12.2 Å². The lowest BCUT2D eigenvalue weighted by atomic mass is 9.81. The molecule has 0 heterocycles. The zero-order valence-electron chi connectivity index (χ0n) is 13.4. The van der Waals surface area contributed by atoms with E-state index in [9.17, 15) is 4.79 Å². The number of carbonyl (C=O) groups excluding carboxylic acids is 1. The lowest BCUT2D eigenvalue weighted by molar-refractivity contribution is 0.0527. The van der Waals surface area contributed by atoms with E-state index in [1.165, 1.54) is 0 Å². The number of nitrogens with two attached hydrogens (primary N) is 1. The van der Waals surface area contributed by atoms with Crippen molar-refractivity contribution in [3.05, 3.63) is 22.7 Å². The maximum Gasteiger partial charge on any atom is 0.340 e. The van der Waals surface area contributed by atoms with Gasteiger partial charge in [-0.2, -0.15) is 0 Å². The van der Waals surface area contributed by atoms with Gasteiger partial charge in [0.1, 0.15) is 0 Å². The molecule has 0 atom stereocenters. The fourth-order valence-corrected chi connectivity index (χ4v) is 1.99. The molecule has 21 heavy (non-hydrogen) atoms. The normalized spacial score (nSPS) is 11.6. The van der Waals surface area contributed by atoms with E-state index in [0.717, 1.165) is 0 Å². The third-order valence-corrected chi connectivity index (χ3v) is 4.19. The Morgan fingerprint density at radius 2 is 2.05 bits per heavy atom. The number of carbonyl (C=O) groups is 1. The Bertz CT molecular complexity index is 513. The van der Waals surface area contributed by atoms with Gasteiger partial charge < -0.3 is 15.8 Å². The molecule has 1 aromatic rings. The average molecular weight is 313 g/mol. The average Bonchev–Trinajstić information content (AvgIpc) is 2.36. The number of nitrogen functional groups attached to an aromatic ring is 1. The monoisotopic (exact) mass is 312 g/mol. The molecule has 0 fully saturated rings. The van der Waals surface area contributed by atoms with Crippen LogP contribution in [-0.4, -0.2) is 19.1 Å². The predicted octanol–water partition coefficient (Wildman–Crippen LogP) is 4.19. The summed E-state index contributed by atoms with van der Waals surface area (Å²) in [6, 6.07) is 3.23. The zero-order valence-corrected chi connectivity index (χ0v) is 14.2. The Hall–Kier alpha value is -1.42. The molecule has 0 aromatic heterocycles. The van der Waals surface area contributed by atoms with Crippen LogP contribution in [0.15, 0.2) is 12.1 Å². The highest BCUT2D eigenvalue weighted by molar-refractivity contribution is 6.34. The van der Waals surface area contributed by atoms with E-state index in [-0.39, 0.29) is 5.41 Å². The van der Waals surface area contributed by atoms with Crippen LogP contribution in [0.25, 0.3) is 0 Å². The van der Waals surface area contributed by atoms with Crippen LogP contribution in [0.2, 0.25) is 5.02 Å². The highest BCUT2D eigenvalue weighted by Gasteiger charge is 2.24. The number of hydrogen-bond acceptors (Lipinski definition) is 4. The highest BCUT2D eigenvalue weighted by Crippen LogP contribution is 2.32. The molecule has 1 aromatic carbocycles. The van der Waals surface area contributed by atoms with Gasteiger partial charge in [0.25, 0.3) is 0 Å². The number of anilines is 2. The van der Waals surface area contributed by atoms with Crippen LogP contribution in [-0.2, 0) is 4.74 Å². The molecule has 0 aliphatic carbocycles. The molecule has 0 amide bonds. The van der Waals surface area contributed by atoms with Gasteiger partial charge in [0.2, 0.25) is 0 Å². The summed E-state index contributed by atoms with van der Waals surface area (Å²) in [6.07, 6.45) is 0. The van der Waals surface area contributed by atoms with Gasteiger partial charge in [-0.25, -0.2) is 4.79 Å². The van der Waals surface area contributed by atoms with Gasteiger partial charge in [-0.05, 0) is 30.4 Å². The molecule has 0 aliphatic rings. The van der Waals surface area contributed by atoms with Gasteiger partial charge in [0.15, 0.2) is 0 Å². The minimum atomic E-state index is -0.420. The van der Waals surface area contributed by atoms with Crippen LogP contribution in [0.5, 0.6) is 0 Å². The van der Waals surface area contributed by atoms with Crippen LogP contribution >= 0.6 is 11.6 Å². The van der Waals surface area contributed by atoms with E-state index in [1.807, 2.05) is 0 Å². The van der Waals surface area contributed by atoms with Crippen molar-refractivity contribution in [1.82, 2.24) is 0 Å². The van der Waals surface area contributed by atoms with Crippen LogP contribution < -0.4 is 11.1 Å². The Kier molecular flexibility index (Phi) is 5.90. The molecule has 4 nitrogen and oxygen atoms in total. The van der Waals surface area contributed by atoms with E-state index in [4.69, 9.17) is 22.1 Å². The number of halogens is 1. The molecule has 1 rings (SSSR count). The Labute approximate surface area is 132 Å². The van der Waals surface area contributed by atoms with Gasteiger partial charge in [0.05, 0.1) is 22.9 Å². The first-order valence-corrected chi connectivity index (χ1v) is 7.56. The van der Waals surface area contributed by atoms with E-state index in [1.54, 1.807) is 19.1 Å². The molecule has 0 aliphatic heterocycles. The van der Waals surface area contributed by atoms with Gasteiger partial charge in [-0.1, -0.05) is 39.3 Å². The predicted molar refractivity (Wildman–Crippen MR) is 88.9 cm³/mol. The molecule has 0 spiro atoms. The summed E-state index contributed by atoms with van der Waals surface area (Å²) in [5, 5.41) is 3.71.